The predicted molar refractivity (Wildman–Crippen MR) is 57.6 cm³/mol. The van der Waals surface area contributed by atoms with Crippen molar-refractivity contribution in [1.29, 1.82) is 0 Å². The Hall–Kier alpha value is -2.31. The molecule has 0 spiro atoms. The van der Waals surface area contributed by atoms with Crippen LogP contribution in [0.1, 0.15) is 12.5 Å². The SMILES string of the molecule is CC(=O)C(F)(ON=O)C(=O)OCc1ccccc1. The average molecular weight is 255 g/mol. The summed E-state index contributed by atoms with van der Waals surface area (Å²) in [5.41, 5.74) is 0.593. The van der Waals surface area contributed by atoms with Gasteiger partial charge in [-0.1, -0.05) is 30.3 Å². The summed E-state index contributed by atoms with van der Waals surface area (Å²) in [6.45, 7) is 0.496. The molecule has 18 heavy (non-hydrogen) atoms. The van der Waals surface area contributed by atoms with Crippen LogP contribution in [0.15, 0.2) is 35.7 Å². The van der Waals surface area contributed by atoms with Crippen LogP contribution in [0.25, 0.3) is 0 Å². The van der Waals surface area contributed by atoms with Crippen molar-refractivity contribution in [2.75, 3.05) is 0 Å². The van der Waals surface area contributed by atoms with Crippen molar-refractivity contribution in [2.45, 2.75) is 19.4 Å². The van der Waals surface area contributed by atoms with E-state index in [0.717, 1.165) is 6.92 Å². The Morgan fingerprint density at radius 1 is 1.33 bits per heavy atom. The van der Waals surface area contributed by atoms with E-state index in [1.54, 1.807) is 35.7 Å². The van der Waals surface area contributed by atoms with E-state index >= 15 is 0 Å². The second kappa shape index (κ2) is 5.85. The normalized spacial score (nSPS) is 13.2. The van der Waals surface area contributed by atoms with Crippen LogP contribution in [0.3, 0.4) is 0 Å². The zero-order chi connectivity index (χ0) is 13.6. The maximum Gasteiger partial charge on any atom is 0.428 e. The molecule has 0 aliphatic heterocycles. The van der Waals surface area contributed by atoms with Crippen LogP contribution in [-0.2, 0) is 25.8 Å². The number of ether oxygens (including phenoxy) is 1. The highest BCUT2D eigenvalue weighted by atomic mass is 19.2. The largest absolute Gasteiger partial charge is 0.455 e. The Morgan fingerprint density at radius 3 is 2.44 bits per heavy atom. The third-order valence-corrected chi connectivity index (χ3v) is 2.09. The van der Waals surface area contributed by atoms with E-state index in [1.165, 1.54) is 0 Å². The molecule has 0 saturated heterocycles. The molecule has 7 heteroatoms. The van der Waals surface area contributed by atoms with Crippen LogP contribution in [0.5, 0.6) is 0 Å². The number of rotatable bonds is 6. The van der Waals surface area contributed by atoms with Gasteiger partial charge in [0.25, 0.3) is 0 Å². The van der Waals surface area contributed by atoms with Gasteiger partial charge in [0.15, 0.2) is 5.34 Å². The maximum atomic E-state index is 13.7. The highest BCUT2D eigenvalue weighted by molar-refractivity contribution is 6.04. The lowest BCUT2D eigenvalue weighted by atomic mass is 10.2. The quantitative estimate of drug-likeness (QED) is 0.334. The summed E-state index contributed by atoms with van der Waals surface area (Å²) in [6, 6.07) is 8.42. The second-order valence-electron chi connectivity index (χ2n) is 3.38. The van der Waals surface area contributed by atoms with Gasteiger partial charge in [0, 0.05) is 6.92 Å². The van der Waals surface area contributed by atoms with Crippen molar-refractivity contribution >= 4 is 11.8 Å². The third-order valence-electron chi connectivity index (χ3n) is 2.09. The summed E-state index contributed by atoms with van der Waals surface area (Å²) in [5, 5.41) is 1.76. The monoisotopic (exact) mass is 255 g/mol. The first-order chi connectivity index (χ1) is 8.50. The number of hydrogen-bond donors (Lipinski definition) is 0. The number of benzene rings is 1. The number of hydrogen-bond acceptors (Lipinski definition) is 6. The zero-order valence-electron chi connectivity index (χ0n) is 9.46. The molecule has 1 aromatic carbocycles. The molecule has 96 valence electrons. The van der Waals surface area contributed by atoms with Gasteiger partial charge >= 0.3 is 11.8 Å². The second-order valence-corrected chi connectivity index (χ2v) is 3.38. The third kappa shape index (κ3) is 3.09. The van der Waals surface area contributed by atoms with Gasteiger partial charge in [-0.05, 0) is 5.56 Å². The van der Waals surface area contributed by atoms with Gasteiger partial charge in [0.05, 0.1) is 0 Å². The van der Waals surface area contributed by atoms with Crippen molar-refractivity contribution in [3.63, 3.8) is 0 Å². The van der Waals surface area contributed by atoms with Gasteiger partial charge < -0.3 is 9.57 Å². The fourth-order valence-corrected chi connectivity index (χ4v) is 1.11. The molecule has 0 fully saturated rings. The first kappa shape index (κ1) is 13.8. The first-order valence-electron chi connectivity index (χ1n) is 4.92. The van der Waals surface area contributed by atoms with E-state index < -0.39 is 17.6 Å². The van der Waals surface area contributed by atoms with Crippen LogP contribution < -0.4 is 0 Å². The molecule has 1 unspecified atom stereocenters. The molecule has 0 aliphatic rings. The van der Waals surface area contributed by atoms with Gasteiger partial charge in [-0.15, -0.1) is 4.91 Å². The number of nitrogens with zero attached hydrogens (tertiary/aromatic N) is 1. The predicted octanol–water partition coefficient (Wildman–Crippen LogP) is 1.68. The smallest absolute Gasteiger partial charge is 0.428 e. The molecule has 1 rings (SSSR count). The van der Waals surface area contributed by atoms with Gasteiger partial charge in [-0.3, -0.25) is 4.79 Å². The molecule has 0 bridgehead atoms. The van der Waals surface area contributed by atoms with Crippen molar-refractivity contribution in [2.24, 2.45) is 5.34 Å². The topological polar surface area (TPSA) is 82.0 Å². The van der Waals surface area contributed by atoms with E-state index in [-0.39, 0.29) is 6.61 Å². The molecule has 0 radical (unpaired) electrons. The fraction of sp³-hybridized carbons (Fsp3) is 0.273. The van der Waals surface area contributed by atoms with Crippen LogP contribution >= 0.6 is 0 Å². The minimum Gasteiger partial charge on any atom is -0.455 e. The van der Waals surface area contributed by atoms with E-state index in [4.69, 9.17) is 0 Å². The van der Waals surface area contributed by atoms with Crippen molar-refractivity contribution in [3.8, 4) is 0 Å². The number of ketones is 1. The number of alkyl halides is 1. The van der Waals surface area contributed by atoms with E-state index in [9.17, 15) is 18.9 Å². The van der Waals surface area contributed by atoms with Crippen LogP contribution in [-0.4, -0.2) is 17.6 Å². The lowest BCUT2D eigenvalue weighted by Gasteiger charge is -2.16. The summed E-state index contributed by atoms with van der Waals surface area (Å²) < 4.78 is 18.2. The summed E-state index contributed by atoms with van der Waals surface area (Å²) >= 11 is 0. The molecule has 1 atom stereocenters. The Balaban J connectivity index is 2.69. The number of esters is 1. The minimum absolute atomic E-state index is 0.249. The Bertz CT molecular complexity index is 450. The molecule has 0 N–H and O–H groups in total. The minimum atomic E-state index is -3.49. The molecular formula is C11H10FNO5. The first-order valence-corrected chi connectivity index (χ1v) is 4.92. The Labute approximate surface area is 102 Å². The zero-order valence-corrected chi connectivity index (χ0v) is 9.46. The number of Topliss-reactive ketones (excluding diaryl/α,β-unsaturated/α-hetero) is 1. The van der Waals surface area contributed by atoms with Gasteiger partial charge in [0.1, 0.15) is 6.61 Å². The highest BCUT2D eigenvalue weighted by Crippen LogP contribution is 2.18. The van der Waals surface area contributed by atoms with E-state index in [2.05, 4.69) is 9.57 Å². The number of halogens is 1. The van der Waals surface area contributed by atoms with Crippen molar-refractivity contribution in [1.82, 2.24) is 0 Å². The molecule has 6 nitrogen and oxygen atoms in total. The average Bonchev–Trinajstić information content (AvgIpc) is 2.37. The summed E-state index contributed by atoms with van der Waals surface area (Å²) in [7, 11) is 0. The molecule has 0 heterocycles. The van der Waals surface area contributed by atoms with Crippen LogP contribution in [0, 0.1) is 4.91 Å². The highest BCUT2D eigenvalue weighted by Gasteiger charge is 2.50. The lowest BCUT2D eigenvalue weighted by molar-refractivity contribution is -0.203. The molecule has 0 aromatic heterocycles. The molecule has 0 amide bonds. The molecule has 0 saturated carbocycles. The van der Waals surface area contributed by atoms with Gasteiger partial charge in [0.2, 0.25) is 5.78 Å². The lowest BCUT2D eigenvalue weighted by Crippen LogP contribution is -2.43. The number of carbonyl (C=O) groups excluding carboxylic acids is 2. The maximum absolute atomic E-state index is 13.7. The van der Waals surface area contributed by atoms with E-state index in [1.807, 2.05) is 0 Å². The summed E-state index contributed by atoms with van der Waals surface area (Å²) in [6.07, 6.45) is 0. The summed E-state index contributed by atoms with van der Waals surface area (Å²) in [5.74, 6) is -6.42. The van der Waals surface area contributed by atoms with E-state index in [0.29, 0.717) is 5.56 Å². The van der Waals surface area contributed by atoms with Gasteiger partial charge in [-0.2, -0.15) is 4.39 Å². The fourth-order valence-electron chi connectivity index (χ4n) is 1.11. The van der Waals surface area contributed by atoms with Gasteiger partial charge in [-0.25, -0.2) is 4.79 Å². The van der Waals surface area contributed by atoms with Crippen LogP contribution in [0.2, 0.25) is 0 Å². The molecule has 1 aromatic rings. The molecule has 0 aliphatic carbocycles. The Kier molecular flexibility index (Phi) is 4.47. The molecular weight excluding hydrogens is 245 g/mol. The Morgan fingerprint density at radius 2 is 1.94 bits per heavy atom. The van der Waals surface area contributed by atoms with Crippen molar-refractivity contribution < 1.29 is 23.6 Å². The standard InChI is InChI=1S/C11H10FNO5/c1-8(14)11(12,18-13-16)10(15)17-7-9-5-3-2-4-6-9/h2-6H,7H2,1H3. The van der Waals surface area contributed by atoms with Crippen molar-refractivity contribution in [3.05, 3.63) is 40.8 Å². The summed E-state index contributed by atoms with van der Waals surface area (Å²) in [4.78, 5) is 35.7. The van der Waals surface area contributed by atoms with Crippen LogP contribution in [0.4, 0.5) is 4.39 Å². The number of carbonyl (C=O) groups is 2.